The second kappa shape index (κ2) is 2.46. The maximum Gasteiger partial charge on any atom is 0.318 e. The second-order valence-corrected chi connectivity index (χ2v) is 9.77. The number of carbonyl (C=O) groups is 1. The topological polar surface area (TPSA) is 26.3 Å². The van der Waals surface area contributed by atoms with Crippen molar-refractivity contribution in [1.29, 1.82) is 0 Å². The fourth-order valence-corrected chi connectivity index (χ4v) is 12.2. The molecule has 0 saturated carbocycles. The van der Waals surface area contributed by atoms with Crippen LogP contribution in [0, 0.1) is 10.8 Å². The van der Waals surface area contributed by atoms with Gasteiger partial charge in [0.15, 0.2) is 0 Å². The van der Waals surface area contributed by atoms with Crippen LogP contribution in [0.15, 0.2) is 11.1 Å². The van der Waals surface area contributed by atoms with Gasteiger partial charge < -0.3 is 4.74 Å². The van der Waals surface area contributed by atoms with Crippen LogP contribution in [0.1, 0.15) is 41.5 Å². The molecule has 3 heteroatoms. The highest BCUT2D eigenvalue weighted by Crippen LogP contribution is 3.16. The van der Waals surface area contributed by atoms with Gasteiger partial charge in [0.1, 0.15) is 5.16 Å². The zero-order valence-corrected chi connectivity index (χ0v) is 12.9. The molecular weight excluding hydrogens is 243 g/mol. The maximum absolute atomic E-state index is 12.5. The van der Waals surface area contributed by atoms with Crippen molar-refractivity contribution in [3.05, 3.63) is 11.1 Å². The zero-order valence-electron chi connectivity index (χ0n) is 12.0. The molecule has 2 nitrogen and oxygen atoms in total. The number of carbonyl (C=O) groups excluding carboxylic acids is 1. The largest absolute Gasteiger partial charge is 0.465 e. The number of rotatable bonds is 2. The first-order valence-electron chi connectivity index (χ1n) is 6.94. The van der Waals surface area contributed by atoms with E-state index in [1.165, 1.54) is 5.57 Å². The van der Waals surface area contributed by atoms with Crippen LogP contribution in [0.3, 0.4) is 0 Å². The molecule has 1 aliphatic carbocycles. The Labute approximate surface area is 110 Å². The Kier molecular flexibility index (Phi) is 1.57. The lowest BCUT2D eigenvalue weighted by atomic mass is 9.69. The molecule has 3 heterocycles. The van der Waals surface area contributed by atoms with Crippen molar-refractivity contribution in [2.45, 2.75) is 57.5 Å². The van der Waals surface area contributed by atoms with Gasteiger partial charge in [0.25, 0.3) is 0 Å². The summed E-state index contributed by atoms with van der Waals surface area (Å²) in [6.07, 6.45) is 0. The molecule has 0 bridgehead atoms. The SMILES string of the molecule is CCOC(=O)[C@]12[C@@H]3P1C1(C)C3(C)C(C)=C(C)C12C. The summed E-state index contributed by atoms with van der Waals surface area (Å²) in [5.74, 6) is 0.108. The molecule has 3 saturated heterocycles. The molecule has 0 amide bonds. The Balaban J connectivity index is 1.91. The molecule has 4 aliphatic rings. The number of allylic oxidation sites excluding steroid dienone is 2. The summed E-state index contributed by atoms with van der Waals surface area (Å²) in [4.78, 5) is 12.5. The summed E-state index contributed by atoms with van der Waals surface area (Å²) >= 11 is 0. The minimum Gasteiger partial charge on any atom is -0.465 e. The highest BCUT2D eigenvalue weighted by molar-refractivity contribution is 7.76. The first-order valence-corrected chi connectivity index (χ1v) is 8.35. The first-order chi connectivity index (χ1) is 8.28. The predicted molar refractivity (Wildman–Crippen MR) is 73.1 cm³/mol. The molecule has 3 aliphatic heterocycles. The predicted octanol–water partition coefficient (Wildman–Crippen LogP) is 3.30. The van der Waals surface area contributed by atoms with E-state index in [4.69, 9.17) is 4.74 Å². The Morgan fingerprint density at radius 1 is 1.28 bits per heavy atom. The average molecular weight is 264 g/mol. The normalized spacial score (nSPS) is 61.9. The van der Waals surface area contributed by atoms with Crippen molar-refractivity contribution in [3.8, 4) is 0 Å². The van der Waals surface area contributed by atoms with Gasteiger partial charge in [0.2, 0.25) is 0 Å². The van der Waals surface area contributed by atoms with E-state index in [2.05, 4.69) is 34.6 Å². The third kappa shape index (κ3) is 0.556. The van der Waals surface area contributed by atoms with Crippen molar-refractivity contribution in [2.75, 3.05) is 6.61 Å². The van der Waals surface area contributed by atoms with Gasteiger partial charge in [-0.1, -0.05) is 39.8 Å². The third-order valence-corrected chi connectivity index (χ3v) is 12.1. The fourth-order valence-electron chi connectivity index (χ4n) is 6.26. The van der Waals surface area contributed by atoms with Crippen LogP contribution in [0.5, 0.6) is 0 Å². The molecule has 0 aromatic rings. The fraction of sp³-hybridized carbons (Fsp3) is 0.800. The van der Waals surface area contributed by atoms with Crippen molar-refractivity contribution in [2.24, 2.45) is 10.8 Å². The summed E-state index contributed by atoms with van der Waals surface area (Å²) in [6.45, 7) is 14.1. The Morgan fingerprint density at radius 2 is 1.89 bits per heavy atom. The molecule has 98 valence electrons. The van der Waals surface area contributed by atoms with E-state index in [1.54, 1.807) is 5.57 Å². The van der Waals surface area contributed by atoms with Crippen molar-refractivity contribution >= 4 is 13.9 Å². The van der Waals surface area contributed by atoms with Crippen LogP contribution in [0.25, 0.3) is 0 Å². The number of ether oxygens (including phenoxy) is 1. The van der Waals surface area contributed by atoms with Gasteiger partial charge >= 0.3 is 5.97 Å². The highest BCUT2D eigenvalue weighted by Gasteiger charge is 3.10. The monoisotopic (exact) mass is 264 g/mol. The van der Waals surface area contributed by atoms with Gasteiger partial charge in [-0.25, -0.2) is 0 Å². The zero-order chi connectivity index (χ0) is 13.3. The second-order valence-electron chi connectivity index (χ2n) is 6.91. The molecule has 0 aromatic carbocycles. The van der Waals surface area contributed by atoms with E-state index in [1.807, 2.05) is 6.92 Å². The summed E-state index contributed by atoms with van der Waals surface area (Å²) < 4.78 is 5.43. The maximum atomic E-state index is 12.5. The van der Waals surface area contributed by atoms with Crippen LogP contribution in [0.2, 0.25) is 0 Å². The molecule has 0 spiro atoms. The number of hydrogen-bond donors (Lipinski definition) is 0. The van der Waals surface area contributed by atoms with E-state index in [9.17, 15) is 4.79 Å². The molecule has 3 fully saturated rings. The van der Waals surface area contributed by atoms with E-state index < -0.39 is 0 Å². The van der Waals surface area contributed by atoms with Crippen LogP contribution in [-0.4, -0.2) is 28.5 Å². The minimum absolute atomic E-state index is 0.0848. The van der Waals surface area contributed by atoms with Crippen molar-refractivity contribution < 1.29 is 9.53 Å². The van der Waals surface area contributed by atoms with Crippen LogP contribution in [-0.2, 0) is 9.53 Å². The van der Waals surface area contributed by atoms with E-state index in [-0.39, 0.29) is 29.9 Å². The molecule has 6 atom stereocenters. The van der Waals surface area contributed by atoms with Gasteiger partial charge in [0, 0.05) is 21.6 Å². The lowest BCUT2D eigenvalue weighted by molar-refractivity contribution is -0.147. The Hall–Kier alpha value is -0.360. The van der Waals surface area contributed by atoms with E-state index in [0.717, 1.165) is 0 Å². The number of hydrogen-bond acceptors (Lipinski definition) is 2. The van der Waals surface area contributed by atoms with Crippen LogP contribution >= 0.6 is 7.92 Å². The Bertz CT molecular complexity index is 553. The summed E-state index contributed by atoms with van der Waals surface area (Å²) in [6, 6.07) is 0. The number of fused-ring (bicyclic) bond motifs is 3. The van der Waals surface area contributed by atoms with Crippen LogP contribution in [0.4, 0.5) is 0 Å². The molecule has 4 rings (SSSR count). The van der Waals surface area contributed by atoms with Crippen LogP contribution < -0.4 is 0 Å². The van der Waals surface area contributed by atoms with Gasteiger partial charge in [-0.15, -0.1) is 0 Å². The molecule has 4 unspecified atom stereocenters. The Morgan fingerprint density at radius 3 is 2.39 bits per heavy atom. The van der Waals surface area contributed by atoms with Gasteiger partial charge in [0.05, 0.1) is 6.61 Å². The standard InChI is InChI=1S/C15H21O2P/c1-7-17-11(16)15-10-12(4)8(2)9(3)13(15,5)14(12,6)18(10)15/h10H,7H2,1-6H3/t10-,12?,13?,14?,15+,18?/m1/s1. The van der Waals surface area contributed by atoms with Crippen molar-refractivity contribution in [3.63, 3.8) is 0 Å². The molecule has 0 radical (unpaired) electrons. The quantitative estimate of drug-likeness (QED) is 0.434. The van der Waals surface area contributed by atoms with E-state index in [0.29, 0.717) is 17.4 Å². The van der Waals surface area contributed by atoms with E-state index >= 15 is 0 Å². The lowest BCUT2D eigenvalue weighted by Crippen LogP contribution is -2.61. The first kappa shape index (κ1) is 11.5. The van der Waals surface area contributed by atoms with Gasteiger partial charge in [-0.05, 0) is 20.8 Å². The number of esters is 1. The van der Waals surface area contributed by atoms with Crippen molar-refractivity contribution in [1.82, 2.24) is 0 Å². The summed E-state index contributed by atoms with van der Waals surface area (Å²) in [5.41, 5.74) is 4.03. The molecule has 0 aromatic heterocycles. The molecular formula is C15H21O2P. The summed E-state index contributed by atoms with van der Waals surface area (Å²) in [5, 5.41) is 0.284. The smallest absolute Gasteiger partial charge is 0.318 e. The lowest BCUT2D eigenvalue weighted by Gasteiger charge is -2.62. The summed E-state index contributed by atoms with van der Waals surface area (Å²) in [7, 11) is -0.115. The average Bonchev–Trinajstić information content (AvgIpc) is 2.95. The molecule has 18 heavy (non-hydrogen) atoms. The minimum atomic E-state index is -0.115. The third-order valence-electron chi connectivity index (χ3n) is 7.42. The molecule has 0 N–H and O–H groups in total. The van der Waals surface area contributed by atoms with Gasteiger partial charge in [-0.3, -0.25) is 4.79 Å². The highest BCUT2D eigenvalue weighted by atomic mass is 31.1. The van der Waals surface area contributed by atoms with Gasteiger partial charge in [-0.2, -0.15) is 0 Å².